The molecule has 1 atom stereocenters. The molecule has 0 saturated heterocycles. The number of rotatable bonds is 12. The molecule has 0 aromatic rings. The van der Waals surface area contributed by atoms with Crippen LogP contribution in [0.5, 0.6) is 0 Å². The molecule has 0 spiro atoms. The summed E-state index contributed by atoms with van der Waals surface area (Å²) in [6, 6.07) is 0. The van der Waals surface area contributed by atoms with Gasteiger partial charge in [0.15, 0.2) is 0 Å². The molecule has 0 radical (unpaired) electrons. The highest BCUT2D eigenvalue weighted by molar-refractivity contribution is 4.80. The van der Waals surface area contributed by atoms with Crippen LogP contribution in [0.4, 0.5) is 0 Å². The molecule has 0 rings (SSSR count). The fourth-order valence-electron chi connectivity index (χ4n) is 2.05. The van der Waals surface area contributed by atoms with Crippen molar-refractivity contribution in [3.05, 3.63) is 12.2 Å². The number of hydrogen-bond donors (Lipinski definition) is 1. The molecule has 0 fully saturated rings. The molecule has 0 aliphatic heterocycles. The third-order valence-corrected chi connectivity index (χ3v) is 3.21. The Kier molecular flexibility index (Phi) is 13.5. The van der Waals surface area contributed by atoms with E-state index >= 15 is 0 Å². The summed E-state index contributed by atoms with van der Waals surface area (Å²) in [5.74, 6) is 0. The Bertz CT molecular complexity index is 163. The summed E-state index contributed by atoms with van der Waals surface area (Å²) in [4.78, 5) is 0. The van der Waals surface area contributed by atoms with Crippen molar-refractivity contribution < 1.29 is 5.11 Å². The number of aliphatic hydroxyl groups is 1. The molecule has 102 valence electrons. The molecule has 0 heterocycles. The molecular formula is C16H32O. The molecule has 17 heavy (non-hydrogen) atoms. The summed E-state index contributed by atoms with van der Waals surface area (Å²) < 4.78 is 0. The molecule has 1 nitrogen and oxygen atoms in total. The molecule has 0 aliphatic carbocycles. The Morgan fingerprint density at radius 2 is 1.47 bits per heavy atom. The van der Waals surface area contributed by atoms with Gasteiger partial charge in [0, 0.05) is 0 Å². The second kappa shape index (κ2) is 13.8. The lowest BCUT2D eigenvalue weighted by Crippen LogP contribution is -2.05. The van der Waals surface area contributed by atoms with Crippen LogP contribution in [0.3, 0.4) is 0 Å². The van der Waals surface area contributed by atoms with Crippen LogP contribution in [-0.2, 0) is 0 Å². The van der Waals surface area contributed by atoms with Gasteiger partial charge in [-0.05, 0) is 25.7 Å². The minimum Gasteiger partial charge on any atom is -0.393 e. The normalized spacial score (nSPS) is 13.4. The Labute approximate surface area is 108 Å². The van der Waals surface area contributed by atoms with Crippen LogP contribution < -0.4 is 0 Å². The standard InChI is InChI=1S/C16H32O/c1-3-5-7-9-10-11-13-15-16(17)14-12-8-6-4-2/h6,8,16-17H,3-5,7,9-15H2,1-2H3/b8-6-. The van der Waals surface area contributed by atoms with Crippen LogP contribution in [0, 0.1) is 0 Å². The van der Waals surface area contributed by atoms with E-state index in [0.29, 0.717) is 0 Å². The highest BCUT2D eigenvalue weighted by atomic mass is 16.3. The predicted molar refractivity (Wildman–Crippen MR) is 77.3 cm³/mol. The lowest BCUT2D eigenvalue weighted by molar-refractivity contribution is 0.152. The molecule has 0 aromatic heterocycles. The van der Waals surface area contributed by atoms with Crippen molar-refractivity contribution in [3.63, 3.8) is 0 Å². The maximum Gasteiger partial charge on any atom is 0.0543 e. The van der Waals surface area contributed by atoms with E-state index in [1.165, 1.54) is 44.9 Å². The lowest BCUT2D eigenvalue weighted by atomic mass is 10.0. The minimum atomic E-state index is -0.0767. The Hall–Kier alpha value is -0.300. The Morgan fingerprint density at radius 3 is 2.12 bits per heavy atom. The van der Waals surface area contributed by atoms with Crippen molar-refractivity contribution in [1.29, 1.82) is 0 Å². The molecule has 0 saturated carbocycles. The number of unbranched alkanes of at least 4 members (excludes halogenated alkanes) is 6. The molecule has 0 aliphatic rings. The van der Waals surface area contributed by atoms with Gasteiger partial charge in [-0.15, -0.1) is 0 Å². The third kappa shape index (κ3) is 13.6. The van der Waals surface area contributed by atoms with Gasteiger partial charge in [0.1, 0.15) is 0 Å². The van der Waals surface area contributed by atoms with Crippen molar-refractivity contribution >= 4 is 0 Å². The maximum absolute atomic E-state index is 9.76. The molecule has 1 heteroatoms. The predicted octanol–water partition coefficient (Wildman–Crippen LogP) is 5.23. The van der Waals surface area contributed by atoms with Gasteiger partial charge in [-0.3, -0.25) is 0 Å². The summed E-state index contributed by atoms with van der Waals surface area (Å²) in [6.45, 7) is 4.40. The van der Waals surface area contributed by atoms with Crippen LogP contribution in [0.15, 0.2) is 12.2 Å². The number of allylic oxidation sites excluding steroid dienone is 2. The van der Waals surface area contributed by atoms with Crippen LogP contribution in [0.2, 0.25) is 0 Å². The highest BCUT2D eigenvalue weighted by Gasteiger charge is 2.02. The van der Waals surface area contributed by atoms with E-state index in [-0.39, 0.29) is 6.10 Å². The third-order valence-electron chi connectivity index (χ3n) is 3.21. The maximum atomic E-state index is 9.76. The highest BCUT2D eigenvalue weighted by Crippen LogP contribution is 2.12. The molecule has 0 bridgehead atoms. The van der Waals surface area contributed by atoms with Gasteiger partial charge in [-0.2, -0.15) is 0 Å². The van der Waals surface area contributed by atoms with Crippen LogP contribution in [-0.4, -0.2) is 11.2 Å². The fourth-order valence-corrected chi connectivity index (χ4v) is 2.05. The van der Waals surface area contributed by atoms with E-state index in [4.69, 9.17) is 0 Å². The molecule has 0 amide bonds. The van der Waals surface area contributed by atoms with Gasteiger partial charge in [0.25, 0.3) is 0 Å². The largest absolute Gasteiger partial charge is 0.393 e. The van der Waals surface area contributed by atoms with E-state index in [2.05, 4.69) is 26.0 Å². The number of aliphatic hydroxyl groups excluding tert-OH is 1. The second-order valence-corrected chi connectivity index (χ2v) is 5.02. The monoisotopic (exact) mass is 240 g/mol. The Morgan fingerprint density at radius 1 is 0.824 bits per heavy atom. The van der Waals surface area contributed by atoms with Gasteiger partial charge < -0.3 is 5.11 Å². The first-order valence-corrected chi connectivity index (χ1v) is 7.64. The van der Waals surface area contributed by atoms with Crippen molar-refractivity contribution in [2.75, 3.05) is 0 Å². The van der Waals surface area contributed by atoms with E-state index in [0.717, 1.165) is 25.7 Å². The van der Waals surface area contributed by atoms with E-state index in [1.807, 2.05) is 0 Å². The zero-order chi connectivity index (χ0) is 12.8. The van der Waals surface area contributed by atoms with Gasteiger partial charge in [-0.25, -0.2) is 0 Å². The SMILES string of the molecule is CC/C=C\CCC(O)CCCCCCCCC. The minimum absolute atomic E-state index is 0.0767. The summed E-state index contributed by atoms with van der Waals surface area (Å²) >= 11 is 0. The molecule has 1 N–H and O–H groups in total. The first-order chi connectivity index (χ1) is 8.31. The van der Waals surface area contributed by atoms with Crippen LogP contribution in [0.1, 0.15) is 84.5 Å². The van der Waals surface area contributed by atoms with E-state index in [9.17, 15) is 5.11 Å². The molecule has 1 unspecified atom stereocenters. The van der Waals surface area contributed by atoms with Crippen molar-refractivity contribution in [3.8, 4) is 0 Å². The summed E-state index contributed by atoms with van der Waals surface area (Å²) in [5.41, 5.74) is 0. The van der Waals surface area contributed by atoms with Crippen molar-refractivity contribution in [2.45, 2.75) is 90.6 Å². The summed E-state index contributed by atoms with van der Waals surface area (Å²) in [6.07, 6.45) is 17.7. The van der Waals surface area contributed by atoms with E-state index in [1.54, 1.807) is 0 Å². The number of hydrogen-bond acceptors (Lipinski definition) is 1. The second-order valence-electron chi connectivity index (χ2n) is 5.02. The van der Waals surface area contributed by atoms with Gasteiger partial charge >= 0.3 is 0 Å². The van der Waals surface area contributed by atoms with E-state index < -0.39 is 0 Å². The first-order valence-electron chi connectivity index (χ1n) is 7.64. The summed E-state index contributed by atoms with van der Waals surface area (Å²) in [5, 5.41) is 9.76. The lowest BCUT2D eigenvalue weighted by Gasteiger charge is -2.08. The van der Waals surface area contributed by atoms with Crippen molar-refractivity contribution in [2.24, 2.45) is 0 Å². The van der Waals surface area contributed by atoms with Gasteiger partial charge in [0.05, 0.1) is 6.10 Å². The van der Waals surface area contributed by atoms with Crippen LogP contribution in [0.25, 0.3) is 0 Å². The van der Waals surface area contributed by atoms with Gasteiger partial charge in [-0.1, -0.05) is 70.9 Å². The van der Waals surface area contributed by atoms with Crippen LogP contribution >= 0.6 is 0 Å². The first kappa shape index (κ1) is 16.7. The summed E-state index contributed by atoms with van der Waals surface area (Å²) in [7, 11) is 0. The average molecular weight is 240 g/mol. The Balaban J connectivity index is 3.16. The quantitative estimate of drug-likeness (QED) is 0.365. The average Bonchev–Trinajstić information content (AvgIpc) is 2.33. The van der Waals surface area contributed by atoms with Gasteiger partial charge in [0.2, 0.25) is 0 Å². The molecular weight excluding hydrogens is 208 g/mol. The zero-order valence-corrected chi connectivity index (χ0v) is 12.0. The fraction of sp³-hybridized carbons (Fsp3) is 0.875. The topological polar surface area (TPSA) is 20.2 Å². The smallest absolute Gasteiger partial charge is 0.0543 e. The molecule has 0 aromatic carbocycles. The zero-order valence-electron chi connectivity index (χ0n) is 12.0. The van der Waals surface area contributed by atoms with Crippen molar-refractivity contribution in [1.82, 2.24) is 0 Å².